The number of benzene rings is 3. The summed E-state index contributed by atoms with van der Waals surface area (Å²) >= 11 is 0. The van der Waals surface area contributed by atoms with E-state index in [1.165, 1.54) is 16.9 Å². The molecule has 0 aliphatic rings. The van der Waals surface area contributed by atoms with Crippen molar-refractivity contribution in [3.63, 3.8) is 0 Å². The summed E-state index contributed by atoms with van der Waals surface area (Å²) in [7, 11) is 0. The molecule has 0 fully saturated rings. The minimum Gasteiger partial charge on any atom is -0.451 e. The van der Waals surface area contributed by atoms with E-state index in [1.54, 1.807) is 36.4 Å². The molecule has 2 aromatic heterocycles. The molecule has 0 aliphatic carbocycles. The monoisotopic (exact) mass is 372 g/mol. The van der Waals surface area contributed by atoms with Crippen LogP contribution in [0.5, 0.6) is 0 Å². The average Bonchev–Trinajstić information content (AvgIpc) is 3.32. The molecule has 1 amide bonds. The van der Waals surface area contributed by atoms with Gasteiger partial charge in [-0.25, -0.2) is 4.39 Å². The van der Waals surface area contributed by atoms with E-state index in [9.17, 15) is 9.18 Å². The summed E-state index contributed by atoms with van der Waals surface area (Å²) < 4.78 is 18.7. The lowest BCUT2D eigenvalue weighted by molar-refractivity contribution is 0.0998. The fourth-order valence-corrected chi connectivity index (χ4v) is 2.97. The van der Waals surface area contributed by atoms with Gasteiger partial charge >= 0.3 is 0 Å². The molecular weight excluding hydrogens is 359 g/mol. The Morgan fingerprint density at radius 2 is 1.71 bits per heavy atom. The van der Waals surface area contributed by atoms with Crippen LogP contribution in [0.4, 0.5) is 10.1 Å². The second kappa shape index (κ2) is 6.31. The van der Waals surface area contributed by atoms with Gasteiger partial charge < -0.3 is 9.73 Å². The highest BCUT2D eigenvalue weighted by Crippen LogP contribution is 2.21. The third-order valence-corrected chi connectivity index (χ3v) is 4.35. The second-order valence-electron chi connectivity index (χ2n) is 6.27. The SMILES string of the molecule is O=C(Nc1ccc2nn(-c3ccc(F)cc3)nc2c1)c1cc2ccccc2o1. The maximum absolute atomic E-state index is 13.1. The van der Waals surface area contributed by atoms with Crippen molar-refractivity contribution in [2.75, 3.05) is 5.32 Å². The molecule has 0 bridgehead atoms. The van der Waals surface area contributed by atoms with Crippen LogP contribution >= 0.6 is 0 Å². The number of aromatic nitrogens is 3. The molecule has 6 nitrogen and oxygen atoms in total. The summed E-state index contributed by atoms with van der Waals surface area (Å²) in [5.41, 5.74) is 3.14. The molecule has 28 heavy (non-hydrogen) atoms. The first-order chi connectivity index (χ1) is 13.7. The second-order valence-corrected chi connectivity index (χ2v) is 6.27. The number of nitrogens with zero attached hydrogens (tertiary/aromatic N) is 3. The summed E-state index contributed by atoms with van der Waals surface area (Å²) in [6.45, 7) is 0. The fourth-order valence-electron chi connectivity index (χ4n) is 2.97. The van der Waals surface area contributed by atoms with Gasteiger partial charge in [-0.3, -0.25) is 4.79 Å². The average molecular weight is 372 g/mol. The van der Waals surface area contributed by atoms with Crippen LogP contribution in [-0.2, 0) is 0 Å². The number of furan rings is 1. The van der Waals surface area contributed by atoms with Crippen LogP contribution in [0.25, 0.3) is 27.7 Å². The topological polar surface area (TPSA) is 73.0 Å². The standard InChI is InChI=1S/C21H13FN4O2/c22-14-5-8-16(9-6-14)26-24-17-10-7-15(12-18(17)25-26)23-21(27)20-11-13-3-1-2-4-19(13)28-20/h1-12H,(H,23,27). The number of fused-ring (bicyclic) bond motifs is 2. The summed E-state index contributed by atoms with van der Waals surface area (Å²) in [6, 6.07) is 20.3. The Bertz CT molecular complexity index is 1290. The van der Waals surface area contributed by atoms with Gasteiger partial charge in [0.15, 0.2) is 5.76 Å². The van der Waals surface area contributed by atoms with Crippen LogP contribution in [-0.4, -0.2) is 20.9 Å². The van der Waals surface area contributed by atoms with E-state index in [-0.39, 0.29) is 17.5 Å². The zero-order chi connectivity index (χ0) is 19.1. The normalized spacial score (nSPS) is 11.2. The number of carbonyl (C=O) groups is 1. The maximum Gasteiger partial charge on any atom is 0.291 e. The fraction of sp³-hybridized carbons (Fsp3) is 0. The third kappa shape index (κ3) is 2.88. The molecule has 0 saturated heterocycles. The van der Waals surface area contributed by atoms with Crippen LogP contribution in [0, 0.1) is 5.82 Å². The molecule has 5 aromatic rings. The predicted octanol–water partition coefficient (Wildman–Crippen LogP) is 4.56. The van der Waals surface area contributed by atoms with E-state index in [4.69, 9.17) is 4.42 Å². The van der Waals surface area contributed by atoms with E-state index in [0.717, 1.165) is 5.39 Å². The highest BCUT2D eigenvalue weighted by Gasteiger charge is 2.13. The molecular formula is C21H13FN4O2. The number of para-hydroxylation sites is 1. The van der Waals surface area contributed by atoms with E-state index in [1.807, 2.05) is 24.3 Å². The zero-order valence-corrected chi connectivity index (χ0v) is 14.5. The van der Waals surface area contributed by atoms with Gasteiger partial charge in [-0.2, -0.15) is 4.80 Å². The van der Waals surface area contributed by atoms with Gasteiger partial charge in [0, 0.05) is 11.1 Å². The lowest BCUT2D eigenvalue weighted by Crippen LogP contribution is -2.10. The number of hydrogen-bond acceptors (Lipinski definition) is 4. The van der Waals surface area contributed by atoms with Crippen molar-refractivity contribution in [1.29, 1.82) is 0 Å². The van der Waals surface area contributed by atoms with Gasteiger partial charge in [0.1, 0.15) is 22.4 Å². The highest BCUT2D eigenvalue weighted by molar-refractivity contribution is 6.05. The van der Waals surface area contributed by atoms with Crippen molar-refractivity contribution in [3.8, 4) is 5.69 Å². The first-order valence-electron chi connectivity index (χ1n) is 8.59. The van der Waals surface area contributed by atoms with E-state index in [2.05, 4.69) is 15.5 Å². The lowest BCUT2D eigenvalue weighted by atomic mass is 10.2. The minimum absolute atomic E-state index is 0.233. The zero-order valence-electron chi connectivity index (χ0n) is 14.5. The van der Waals surface area contributed by atoms with Gasteiger partial charge in [-0.1, -0.05) is 18.2 Å². The van der Waals surface area contributed by atoms with Gasteiger partial charge in [-0.15, -0.1) is 10.2 Å². The van der Waals surface area contributed by atoms with Crippen molar-refractivity contribution < 1.29 is 13.6 Å². The number of amides is 1. The molecule has 0 aliphatic heterocycles. The summed E-state index contributed by atoms with van der Waals surface area (Å²) in [6.07, 6.45) is 0. The van der Waals surface area contributed by atoms with Gasteiger partial charge in [-0.05, 0) is 54.6 Å². The third-order valence-electron chi connectivity index (χ3n) is 4.35. The van der Waals surface area contributed by atoms with Gasteiger partial charge in [0.2, 0.25) is 0 Å². The van der Waals surface area contributed by atoms with Crippen LogP contribution in [0.1, 0.15) is 10.6 Å². The molecule has 0 unspecified atom stereocenters. The molecule has 136 valence electrons. The Morgan fingerprint density at radius 3 is 2.54 bits per heavy atom. The minimum atomic E-state index is -0.346. The van der Waals surface area contributed by atoms with E-state index < -0.39 is 0 Å². The summed E-state index contributed by atoms with van der Waals surface area (Å²) in [5.74, 6) is -0.436. The van der Waals surface area contributed by atoms with Crippen LogP contribution in [0.15, 0.2) is 77.2 Å². The van der Waals surface area contributed by atoms with Crippen molar-refractivity contribution >= 4 is 33.6 Å². The molecule has 0 spiro atoms. The number of anilines is 1. The molecule has 0 atom stereocenters. The first-order valence-corrected chi connectivity index (χ1v) is 8.59. The molecule has 0 saturated carbocycles. The number of nitrogens with one attached hydrogen (secondary N) is 1. The van der Waals surface area contributed by atoms with Gasteiger partial charge in [0.05, 0.1) is 5.69 Å². The number of carbonyl (C=O) groups excluding carboxylic acids is 1. The van der Waals surface area contributed by atoms with Crippen LogP contribution in [0.2, 0.25) is 0 Å². The largest absolute Gasteiger partial charge is 0.451 e. The van der Waals surface area contributed by atoms with Gasteiger partial charge in [0.25, 0.3) is 5.91 Å². The summed E-state index contributed by atoms with van der Waals surface area (Å²) in [5, 5.41) is 12.4. The molecule has 1 N–H and O–H groups in total. The lowest BCUT2D eigenvalue weighted by Gasteiger charge is -2.02. The Morgan fingerprint density at radius 1 is 0.929 bits per heavy atom. The van der Waals surface area contributed by atoms with Crippen molar-refractivity contribution in [2.45, 2.75) is 0 Å². The van der Waals surface area contributed by atoms with Crippen molar-refractivity contribution in [1.82, 2.24) is 15.0 Å². The molecule has 3 aromatic carbocycles. The van der Waals surface area contributed by atoms with Crippen molar-refractivity contribution in [3.05, 3.63) is 84.4 Å². The highest BCUT2D eigenvalue weighted by atomic mass is 19.1. The first kappa shape index (κ1) is 16.2. The Balaban J connectivity index is 1.42. The number of halogens is 1. The van der Waals surface area contributed by atoms with E-state index in [0.29, 0.717) is 28.0 Å². The van der Waals surface area contributed by atoms with Crippen molar-refractivity contribution in [2.24, 2.45) is 0 Å². The van der Waals surface area contributed by atoms with Crippen LogP contribution < -0.4 is 5.32 Å². The Hall–Kier alpha value is -4.00. The maximum atomic E-state index is 13.1. The Kier molecular flexibility index (Phi) is 3.65. The molecule has 5 rings (SSSR count). The Labute approximate surface area is 158 Å². The molecule has 2 heterocycles. The van der Waals surface area contributed by atoms with E-state index >= 15 is 0 Å². The number of hydrogen-bond donors (Lipinski definition) is 1. The molecule has 0 radical (unpaired) electrons. The quantitative estimate of drug-likeness (QED) is 0.504. The summed E-state index contributed by atoms with van der Waals surface area (Å²) in [4.78, 5) is 13.9. The predicted molar refractivity (Wildman–Crippen MR) is 103 cm³/mol. The van der Waals surface area contributed by atoms with Crippen LogP contribution in [0.3, 0.4) is 0 Å². The smallest absolute Gasteiger partial charge is 0.291 e. The molecule has 7 heteroatoms. The number of rotatable bonds is 3.